The van der Waals surface area contributed by atoms with Gasteiger partial charge in [-0.2, -0.15) is 11.8 Å². The van der Waals surface area contributed by atoms with Gasteiger partial charge >= 0.3 is 6.03 Å². The highest BCUT2D eigenvalue weighted by Gasteiger charge is 2.42. The van der Waals surface area contributed by atoms with Crippen LogP contribution in [0.1, 0.15) is 60.9 Å². The second-order valence-electron chi connectivity index (χ2n) is 12.6. The molecule has 3 fully saturated rings. The quantitative estimate of drug-likeness (QED) is 0.101. The minimum atomic E-state index is -0.0647. The number of thioether (sulfide) groups is 1. The Bertz CT molecular complexity index is 1160. The molecule has 268 valence electrons. The standard InChI is InChI=1S/C35H55N5O7S/c1-26-9-11-28(12-10-26)34(42)40-15-5-7-29(24-40)37-32(41)13-16-44-18-20-46-22-23-47-21-19-45-17-14-36-27(2)6-3-4-8-31-33-30(25-48-31)38-35(43)39-33/h9-12,29-31,33,36H,2-8,13-25H2,1H3,(H,37,41)(H2,38,39,43)/t29?,30?,31-,33?/m0/s1. The van der Waals surface area contributed by atoms with Gasteiger partial charge in [0.25, 0.3) is 5.91 Å². The van der Waals surface area contributed by atoms with Crippen molar-refractivity contribution in [3.8, 4) is 0 Å². The van der Waals surface area contributed by atoms with E-state index in [1.165, 1.54) is 0 Å². The van der Waals surface area contributed by atoms with Crippen molar-refractivity contribution in [3.05, 3.63) is 47.7 Å². The van der Waals surface area contributed by atoms with Crippen molar-refractivity contribution in [1.29, 1.82) is 0 Å². The predicted molar refractivity (Wildman–Crippen MR) is 187 cm³/mol. The number of nitrogens with one attached hydrogen (secondary N) is 4. The fraction of sp³-hybridized carbons (Fsp3) is 0.686. The molecular weight excluding hydrogens is 634 g/mol. The number of allylic oxidation sites excluding steroid dienone is 1. The number of rotatable bonds is 23. The summed E-state index contributed by atoms with van der Waals surface area (Å²) in [6.07, 6.45) is 6.28. The number of piperidine rings is 1. The summed E-state index contributed by atoms with van der Waals surface area (Å²) >= 11 is 1.96. The van der Waals surface area contributed by atoms with Crippen LogP contribution in [0.5, 0.6) is 0 Å². The number of aryl methyl sites for hydroxylation is 1. The van der Waals surface area contributed by atoms with E-state index in [9.17, 15) is 14.4 Å². The van der Waals surface area contributed by atoms with Crippen LogP contribution in [0, 0.1) is 6.92 Å². The van der Waals surface area contributed by atoms with E-state index in [4.69, 9.17) is 18.9 Å². The third kappa shape index (κ3) is 13.6. The number of carbonyl (C=O) groups is 3. The maximum absolute atomic E-state index is 12.8. The van der Waals surface area contributed by atoms with Crippen molar-refractivity contribution in [1.82, 2.24) is 26.2 Å². The molecule has 0 spiro atoms. The molecule has 4 N–H and O–H groups in total. The molecule has 0 aromatic heterocycles. The molecule has 0 aliphatic carbocycles. The maximum atomic E-state index is 12.8. The van der Waals surface area contributed by atoms with E-state index >= 15 is 0 Å². The number of urea groups is 1. The van der Waals surface area contributed by atoms with Gasteiger partial charge in [0.1, 0.15) is 0 Å². The first-order valence-corrected chi connectivity index (χ1v) is 18.5. The summed E-state index contributed by atoms with van der Waals surface area (Å²) in [6, 6.07) is 8.11. The number of fused-ring (bicyclic) bond motifs is 1. The average Bonchev–Trinajstić information content (AvgIpc) is 3.64. The molecule has 4 rings (SSSR count). The molecule has 3 saturated heterocycles. The number of hydrogen-bond donors (Lipinski definition) is 4. The predicted octanol–water partition coefficient (Wildman–Crippen LogP) is 3.00. The Kier molecular flexibility index (Phi) is 16.8. The van der Waals surface area contributed by atoms with Gasteiger partial charge in [0.15, 0.2) is 0 Å². The molecule has 3 aliphatic rings. The first-order chi connectivity index (χ1) is 23.4. The van der Waals surface area contributed by atoms with E-state index in [-0.39, 0.29) is 36.3 Å². The van der Waals surface area contributed by atoms with Crippen LogP contribution in [0.2, 0.25) is 0 Å². The van der Waals surface area contributed by atoms with Crippen LogP contribution < -0.4 is 21.3 Å². The van der Waals surface area contributed by atoms with Gasteiger partial charge in [-0.15, -0.1) is 0 Å². The molecule has 4 atom stereocenters. The third-order valence-corrected chi connectivity index (χ3v) is 10.2. The van der Waals surface area contributed by atoms with Crippen LogP contribution in [-0.4, -0.2) is 124 Å². The number of benzene rings is 1. The minimum absolute atomic E-state index is 0.0121. The molecular formula is C35H55N5O7S. The zero-order valence-corrected chi connectivity index (χ0v) is 29.3. The number of nitrogens with zero attached hydrogens (tertiary/aromatic N) is 1. The Morgan fingerprint density at radius 1 is 0.938 bits per heavy atom. The molecule has 3 aliphatic heterocycles. The Morgan fingerprint density at radius 3 is 2.35 bits per heavy atom. The topological polar surface area (TPSA) is 139 Å². The first-order valence-electron chi connectivity index (χ1n) is 17.5. The number of likely N-dealkylation sites (tertiary alicyclic amines) is 1. The molecule has 12 nitrogen and oxygen atoms in total. The summed E-state index contributed by atoms with van der Waals surface area (Å²) < 4.78 is 22.2. The average molecular weight is 690 g/mol. The van der Waals surface area contributed by atoms with E-state index in [1.807, 2.05) is 47.9 Å². The minimum Gasteiger partial charge on any atom is -0.387 e. The third-order valence-electron chi connectivity index (χ3n) is 8.74. The lowest BCUT2D eigenvalue weighted by molar-refractivity contribution is -0.123. The number of carbonyl (C=O) groups excluding carboxylic acids is 3. The van der Waals surface area contributed by atoms with Gasteiger partial charge in [-0.3, -0.25) is 9.59 Å². The van der Waals surface area contributed by atoms with Crippen LogP contribution in [0.3, 0.4) is 0 Å². The molecule has 4 amide bonds. The van der Waals surface area contributed by atoms with Crippen molar-refractivity contribution >= 4 is 29.6 Å². The lowest BCUT2D eigenvalue weighted by Crippen LogP contribution is -2.49. The molecule has 3 unspecified atom stereocenters. The van der Waals surface area contributed by atoms with E-state index in [1.54, 1.807) is 0 Å². The number of amides is 4. The summed E-state index contributed by atoms with van der Waals surface area (Å²) in [5.74, 6) is 0.952. The summed E-state index contributed by atoms with van der Waals surface area (Å²) in [4.78, 5) is 38.5. The molecule has 3 heterocycles. The van der Waals surface area contributed by atoms with Crippen molar-refractivity contribution in [3.63, 3.8) is 0 Å². The molecule has 0 radical (unpaired) electrons. The van der Waals surface area contributed by atoms with Crippen LogP contribution >= 0.6 is 11.8 Å². The van der Waals surface area contributed by atoms with Crippen LogP contribution in [0.15, 0.2) is 36.5 Å². The van der Waals surface area contributed by atoms with Crippen molar-refractivity contribution in [2.24, 2.45) is 0 Å². The van der Waals surface area contributed by atoms with Crippen LogP contribution in [0.4, 0.5) is 4.79 Å². The Morgan fingerprint density at radius 2 is 1.62 bits per heavy atom. The van der Waals surface area contributed by atoms with Gasteiger partial charge < -0.3 is 45.1 Å². The van der Waals surface area contributed by atoms with Gasteiger partial charge in [0.2, 0.25) is 5.91 Å². The molecule has 13 heteroatoms. The SMILES string of the molecule is C=C(CCCC[C@@H]1SCC2NC(=O)NC21)NCCOCCOCCOCCOCCC(=O)NC1CCCN(C(=O)c2ccc(C)cc2)C1. The second-order valence-corrected chi connectivity index (χ2v) is 13.9. The monoisotopic (exact) mass is 689 g/mol. The molecule has 0 bridgehead atoms. The first kappa shape index (κ1) is 38.0. The van der Waals surface area contributed by atoms with Gasteiger partial charge in [-0.25, -0.2) is 4.79 Å². The highest BCUT2D eigenvalue weighted by atomic mass is 32.2. The fourth-order valence-electron chi connectivity index (χ4n) is 6.10. The van der Waals surface area contributed by atoms with Gasteiger partial charge in [-0.05, 0) is 51.2 Å². The number of hydrogen-bond acceptors (Lipinski definition) is 9. The van der Waals surface area contributed by atoms with Gasteiger partial charge in [0.05, 0.1) is 64.9 Å². The summed E-state index contributed by atoms with van der Waals surface area (Å²) in [5.41, 5.74) is 2.84. The van der Waals surface area contributed by atoms with E-state index in [2.05, 4.69) is 27.8 Å². The maximum Gasteiger partial charge on any atom is 0.315 e. The van der Waals surface area contributed by atoms with Crippen LogP contribution in [0.25, 0.3) is 0 Å². The van der Waals surface area contributed by atoms with E-state index in [0.29, 0.717) is 82.8 Å². The Hall–Kier alpha value is -2.84. The number of ether oxygens (including phenoxy) is 4. The highest BCUT2D eigenvalue weighted by molar-refractivity contribution is 8.00. The largest absolute Gasteiger partial charge is 0.387 e. The lowest BCUT2D eigenvalue weighted by Gasteiger charge is -2.33. The smallest absolute Gasteiger partial charge is 0.315 e. The van der Waals surface area contributed by atoms with Crippen molar-refractivity contribution < 1.29 is 33.3 Å². The van der Waals surface area contributed by atoms with Crippen molar-refractivity contribution in [2.75, 3.05) is 78.2 Å². The Labute approximate surface area is 289 Å². The number of unbranched alkanes of at least 4 members (excludes halogenated alkanes) is 1. The summed E-state index contributed by atoms with van der Waals surface area (Å²) in [5, 5.41) is 12.9. The molecule has 0 saturated carbocycles. The molecule has 48 heavy (non-hydrogen) atoms. The fourth-order valence-corrected chi connectivity index (χ4v) is 7.64. The zero-order valence-electron chi connectivity index (χ0n) is 28.5. The van der Waals surface area contributed by atoms with Gasteiger partial charge in [0, 0.05) is 54.4 Å². The second kappa shape index (κ2) is 21.3. The summed E-state index contributed by atoms with van der Waals surface area (Å²) in [6.45, 7) is 11.8. The normalized spacial score (nSPS) is 21.8. The lowest BCUT2D eigenvalue weighted by atomic mass is 10.0. The Balaban J connectivity index is 0.870. The van der Waals surface area contributed by atoms with E-state index < -0.39 is 0 Å². The van der Waals surface area contributed by atoms with E-state index in [0.717, 1.165) is 62.1 Å². The summed E-state index contributed by atoms with van der Waals surface area (Å²) in [7, 11) is 0. The molecule has 1 aromatic carbocycles. The highest BCUT2D eigenvalue weighted by Crippen LogP contribution is 2.33. The van der Waals surface area contributed by atoms with Crippen LogP contribution in [-0.2, 0) is 23.7 Å². The molecule has 1 aromatic rings. The van der Waals surface area contributed by atoms with Gasteiger partial charge in [-0.1, -0.05) is 30.7 Å². The van der Waals surface area contributed by atoms with Crippen molar-refractivity contribution in [2.45, 2.75) is 75.2 Å². The zero-order chi connectivity index (χ0) is 34.0.